The Morgan fingerprint density at radius 1 is 1.18 bits per heavy atom. The van der Waals surface area contributed by atoms with E-state index in [0.717, 1.165) is 37.6 Å². The highest BCUT2D eigenvalue weighted by Crippen LogP contribution is 2.48. The first kappa shape index (κ1) is 22.5. The number of carbonyl (C=O) groups is 1. The summed E-state index contributed by atoms with van der Waals surface area (Å²) < 4.78 is 26.1. The fourth-order valence-electron chi connectivity index (χ4n) is 4.31. The number of carboxylic acids is 1. The number of rotatable bonds is 2. The zero-order valence-electron chi connectivity index (χ0n) is 17.7. The number of carboxylic acid groups (broad SMARTS) is 1. The van der Waals surface area contributed by atoms with Gasteiger partial charge in [0.1, 0.15) is 11.5 Å². The van der Waals surface area contributed by atoms with Gasteiger partial charge in [-0.1, -0.05) is 6.42 Å². The summed E-state index contributed by atoms with van der Waals surface area (Å²) >= 11 is 0. The maximum absolute atomic E-state index is 13.1. The molecule has 172 valence electrons. The zero-order valence-corrected chi connectivity index (χ0v) is 17.7. The van der Waals surface area contributed by atoms with Gasteiger partial charge in [-0.15, -0.1) is 0 Å². The molecule has 3 aromatic rings. The lowest BCUT2D eigenvalue weighted by molar-refractivity contribution is -0.143. The summed E-state index contributed by atoms with van der Waals surface area (Å²) in [7, 11) is 0. The van der Waals surface area contributed by atoms with Gasteiger partial charge in [-0.2, -0.15) is 10.4 Å². The van der Waals surface area contributed by atoms with Gasteiger partial charge in [0.25, 0.3) is 0 Å². The molecule has 3 aromatic heterocycles. The van der Waals surface area contributed by atoms with E-state index in [-0.39, 0.29) is 17.6 Å². The number of hydrogen-bond acceptors (Lipinski definition) is 7. The molecule has 0 amide bonds. The molecule has 3 atom stereocenters. The van der Waals surface area contributed by atoms with Crippen molar-refractivity contribution >= 4 is 22.8 Å². The number of aliphatic carboxylic acids is 1. The van der Waals surface area contributed by atoms with Gasteiger partial charge in [-0.25, -0.2) is 23.7 Å². The highest BCUT2D eigenvalue weighted by atomic mass is 19.1. The van der Waals surface area contributed by atoms with Crippen LogP contribution in [0.15, 0.2) is 18.5 Å². The van der Waals surface area contributed by atoms with E-state index in [4.69, 9.17) is 16.1 Å². The Hall–Kier alpha value is -3.68. The van der Waals surface area contributed by atoms with E-state index >= 15 is 0 Å². The van der Waals surface area contributed by atoms with Gasteiger partial charge in [-0.05, 0) is 50.0 Å². The topological polar surface area (TPSA) is 154 Å². The number of nitrogens with zero attached hydrogens (tertiary/aromatic N) is 5. The average Bonchev–Trinajstić information content (AvgIpc) is 3.19. The Morgan fingerprint density at radius 2 is 1.97 bits per heavy atom. The summed E-state index contributed by atoms with van der Waals surface area (Å²) in [5.41, 5.74) is 6.00. The van der Waals surface area contributed by atoms with Crippen LogP contribution in [0.3, 0.4) is 0 Å². The van der Waals surface area contributed by atoms with Gasteiger partial charge in [0, 0.05) is 5.92 Å². The molecule has 0 aliphatic heterocycles. The lowest BCUT2D eigenvalue weighted by Gasteiger charge is -2.16. The van der Waals surface area contributed by atoms with Crippen molar-refractivity contribution in [3.8, 4) is 17.6 Å². The van der Waals surface area contributed by atoms with Gasteiger partial charge in [-0.3, -0.25) is 9.89 Å². The van der Waals surface area contributed by atoms with Crippen molar-refractivity contribution < 1.29 is 18.7 Å². The molecule has 3 saturated carbocycles. The van der Waals surface area contributed by atoms with E-state index in [9.17, 15) is 13.6 Å². The molecule has 3 fully saturated rings. The molecular weight excluding hydrogens is 432 g/mol. The quantitative estimate of drug-likeness (QED) is 0.528. The zero-order chi connectivity index (χ0) is 23.5. The minimum Gasteiger partial charge on any atom is -0.481 e. The Labute approximate surface area is 188 Å². The Balaban J connectivity index is 0.000000143. The molecule has 11 heteroatoms. The summed E-state index contributed by atoms with van der Waals surface area (Å²) in [6.45, 7) is 0. The first-order valence-corrected chi connectivity index (χ1v) is 10.8. The smallest absolute Gasteiger partial charge is 0.306 e. The number of nitrogen functional groups attached to an aromatic ring is 1. The highest BCUT2D eigenvalue weighted by molar-refractivity contribution is 5.88. The molecule has 4 N–H and O–H groups in total. The molecular formula is C22H23F2N7O2. The molecule has 3 heterocycles. The number of halogens is 2. The van der Waals surface area contributed by atoms with Gasteiger partial charge in [0.2, 0.25) is 0 Å². The van der Waals surface area contributed by atoms with Crippen LogP contribution < -0.4 is 5.73 Å². The third-order valence-corrected chi connectivity index (χ3v) is 6.19. The molecule has 6 rings (SSSR count). The van der Waals surface area contributed by atoms with Gasteiger partial charge < -0.3 is 10.8 Å². The summed E-state index contributed by atoms with van der Waals surface area (Å²) in [6, 6.07) is 3.38. The summed E-state index contributed by atoms with van der Waals surface area (Å²) in [6.07, 6.45) is 8.89. The number of nitrogens with one attached hydrogen (secondary N) is 1. The second kappa shape index (κ2) is 9.44. The van der Waals surface area contributed by atoms with Crippen LogP contribution in [0.2, 0.25) is 0 Å². The van der Waals surface area contributed by atoms with Crippen molar-refractivity contribution in [2.45, 2.75) is 38.5 Å². The van der Waals surface area contributed by atoms with Gasteiger partial charge in [0.15, 0.2) is 23.1 Å². The number of nitrogens with two attached hydrogens (primary N) is 1. The van der Waals surface area contributed by atoms with E-state index in [1.807, 2.05) is 0 Å². The maximum Gasteiger partial charge on any atom is 0.306 e. The number of hydrogen-bond donors (Lipinski definition) is 3. The maximum atomic E-state index is 13.1. The average molecular weight is 455 g/mol. The molecule has 2 bridgehead atoms. The van der Waals surface area contributed by atoms with Gasteiger partial charge in [0.05, 0.1) is 29.8 Å². The predicted molar refractivity (Wildman–Crippen MR) is 114 cm³/mol. The van der Waals surface area contributed by atoms with Gasteiger partial charge >= 0.3 is 5.97 Å². The van der Waals surface area contributed by atoms with Crippen molar-refractivity contribution in [1.29, 1.82) is 5.26 Å². The Bertz CT molecular complexity index is 1210. The highest BCUT2D eigenvalue weighted by Gasteiger charge is 2.43. The SMILES string of the molecule is N#CC1CC1.Nc1nc(-c2[nH]nc3ncc(F)cc23)ncc1F.O=C(O)C1CC2CCC1C2. The number of fused-ring (bicyclic) bond motifs is 3. The molecule has 0 aromatic carbocycles. The molecule has 0 spiro atoms. The van der Waals surface area contributed by atoms with Crippen LogP contribution in [-0.4, -0.2) is 36.2 Å². The number of aromatic amines is 1. The lowest BCUT2D eigenvalue weighted by Crippen LogP contribution is -2.19. The Kier molecular flexibility index (Phi) is 6.44. The fraction of sp³-hybridized carbons (Fsp3) is 0.455. The van der Waals surface area contributed by atoms with Crippen LogP contribution in [0.25, 0.3) is 22.6 Å². The van der Waals surface area contributed by atoms with Crippen molar-refractivity contribution in [3.63, 3.8) is 0 Å². The Morgan fingerprint density at radius 3 is 2.48 bits per heavy atom. The first-order chi connectivity index (χ1) is 15.9. The van der Waals surface area contributed by atoms with E-state index in [1.165, 1.54) is 25.3 Å². The number of aromatic nitrogens is 5. The largest absolute Gasteiger partial charge is 0.481 e. The number of anilines is 1. The number of nitriles is 1. The van der Waals surface area contributed by atoms with E-state index in [2.05, 4.69) is 31.2 Å². The fourth-order valence-corrected chi connectivity index (χ4v) is 4.31. The lowest BCUT2D eigenvalue weighted by atomic mass is 9.89. The van der Waals surface area contributed by atoms with Crippen molar-refractivity contribution in [3.05, 3.63) is 30.1 Å². The summed E-state index contributed by atoms with van der Waals surface area (Å²) in [5, 5.41) is 23.6. The van der Waals surface area contributed by atoms with E-state index < -0.39 is 17.6 Å². The number of pyridine rings is 1. The van der Waals surface area contributed by atoms with E-state index in [1.54, 1.807) is 0 Å². The van der Waals surface area contributed by atoms with Crippen molar-refractivity contribution in [1.82, 2.24) is 25.1 Å². The standard InChI is InChI=1S/C10H6F2N6.C8H12O2.C4H5N/c11-4-1-5-7(17-18-9(5)14-2-4)10-15-3-6(12)8(13)16-10;9-8(10)7-4-5-1-2-6(7)3-5;5-3-4-1-2-4/h1-3H,(H2,13,15,16)(H,14,17,18);5-7H,1-4H2,(H,9,10);4H,1-2H2. The van der Waals surface area contributed by atoms with Crippen LogP contribution >= 0.6 is 0 Å². The molecule has 3 unspecified atom stereocenters. The molecule has 3 aliphatic rings. The van der Waals surface area contributed by atoms with Crippen molar-refractivity contribution in [2.75, 3.05) is 5.73 Å². The molecule has 0 saturated heterocycles. The monoisotopic (exact) mass is 455 g/mol. The summed E-state index contributed by atoms with van der Waals surface area (Å²) in [4.78, 5) is 21.9. The minimum absolute atomic E-state index is 0.0127. The van der Waals surface area contributed by atoms with Crippen LogP contribution in [0.4, 0.5) is 14.6 Å². The minimum atomic E-state index is -0.716. The first-order valence-electron chi connectivity index (χ1n) is 10.8. The number of H-pyrrole nitrogens is 1. The van der Waals surface area contributed by atoms with Crippen LogP contribution in [0, 0.1) is 46.6 Å². The summed E-state index contributed by atoms with van der Waals surface area (Å²) in [5.74, 6) is -0.211. The van der Waals surface area contributed by atoms with Crippen molar-refractivity contribution in [2.24, 2.45) is 23.7 Å². The van der Waals surface area contributed by atoms with E-state index in [0.29, 0.717) is 28.6 Å². The molecule has 33 heavy (non-hydrogen) atoms. The second-order valence-corrected chi connectivity index (χ2v) is 8.57. The predicted octanol–water partition coefficient (Wildman–Crippen LogP) is 3.70. The molecule has 3 aliphatic carbocycles. The molecule has 0 radical (unpaired) electrons. The van der Waals surface area contributed by atoms with Crippen LogP contribution in [-0.2, 0) is 4.79 Å². The third kappa shape index (κ3) is 5.22. The molecule has 9 nitrogen and oxygen atoms in total. The van der Waals surface area contributed by atoms with Crippen LogP contribution in [0.1, 0.15) is 38.5 Å². The second-order valence-electron chi connectivity index (χ2n) is 8.57. The van der Waals surface area contributed by atoms with Crippen LogP contribution in [0.5, 0.6) is 0 Å². The normalized spacial score (nSPS) is 22.6. The third-order valence-electron chi connectivity index (χ3n) is 6.19.